The third-order valence-corrected chi connectivity index (χ3v) is 5.88. The minimum atomic E-state index is -3.56. The molecule has 0 spiro atoms. The van der Waals surface area contributed by atoms with Crippen molar-refractivity contribution in [1.29, 1.82) is 0 Å². The van der Waals surface area contributed by atoms with Crippen molar-refractivity contribution in [2.75, 3.05) is 0 Å². The number of rotatable bonds is 6. The Hall–Kier alpha value is -2.51. The summed E-state index contributed by atoms with van der Waals surface area (Å²) < 4.78 is 29.9. The minimum Gasteiger partial charge on any atom is -0.249 e. The second-order valence-electron chi connectivity index (χ2n) is 6.46. The Kier molecular flexibility index (Phi) is 5.20. The topological polar surface area (TPSA) is 76.9 Å². The number of sulfonamides is 1. The highest BCUT2D eigenvalue weighted by molar-refractivity contribution is 7.89. The molecule has 7 heteroatoms. The summed E-state index contributed by atoms with van der Waals surface area (Å²) in [4.78, 5) is 4.28. The zero-order valence-corrected chi connectivity index (χ0v) is 15.9. The summed E-state index contributed by atoms with van der Waals surface area (Å²) in [6.07, 6.45) is 3.16. The van der Waals surface area contributed by atoms with E-state index in [-0.39, 0.29) is 6.54 Å². The van der Waals surface area contributed by atoms with Crippen LogP contribution < -0.4 is 4.72 Å². The van der Waals surface area contributed by atoms with Crippen molar-refractivity contribution in [1.82, 2.24) is 19.5 Å². The van der Waals surface area contributed by atoms with Gasteiger partial charge in [0.1, 0.15) is 12.7 Å². The van der Waals surface area contributed by atoms with Gasteiger partial charge in [0.2, 0.25) is 10.0 Å². The monoisotopic (exact) mass is 370 g/mol. The van der Waals surface area contributed by atoms with Crippen molar-refractivity contribution < 1.29 is 8.42 Å². The Morgan fingerprint density at radius 1 is 1.00 bits per heavy atom. The maximum absolute atomic E-state index is 12.7. The molecule has 0 atom stereocenters. The standard InChI is InChI=1S/C19H22N4O2S/c1-14-8-15(2)19(16(3)9-14)26(24,25)22-10-17-4-6-18(7-5-17)11-23-13-20-12-21-23/h4-9,12-13,22H,10-11H2,1-3H3. The second-order valence-corrected chi connectivity index (χ2v) is 8.17. The molecule has 26 heavy (non-hydrogen) atoms. The van der Waals surface area contributed by atoms with Crippen LogP contribution in [0.1, 0.15) is 27.8 Å². The highest BCUT2D eigenvalue weighted by Gasteiger charge is 2.19. The van der Waals surface area contributed by atoms with E-state index < -0.39 is 10.0 Å². The largest absolute Gasteiger partial charge is 0.249 e. The maximum atomic E-state index is 12.7. The fourth-order valence-electron chi connectivity index (χ4n) is 3.11. The fourth-order valence-corrected chi connectivity index (χ4v) is 4.57. The second kappa shape index (κ2) is 7.39. The van der Waals surface area contributed by atoms with E-state index in [9.17, 15) is 8.42 Å². The zero-order valence-electron chi connectivity index (χ0n) is 15.1. The van der Waals surface area contributed by atoms with Gasteiger partial charge in [0.05, 0.1) is 11.4 Å². The van der Waals surface area contributed by atoms with Gasteiger partial charge in [-0.15, -0.1) is 0 Å². The van der Waals surface area contributed by atoms with Crippen molar-refractivity contribution in [3.05, 3.63) is 76.9 Å². The molecule has 1 aromatic heterocycles. The number of aromatic nitrogens is 3. The van der Waals surface area contributed by atoms with Crippen molar-refractivity contribution >= 4 is 10.0 Å². The van der Waals surface area contributed by atoms with Crippen LogP contribution in [0.2, 0.25) is 0 Å². The van der Waals surface area contributed by atoms with E-state index >= 15 is 0 Å². The molecule has 0 unspecified atom stereocenters. The molecule has 0 bridgehead atoms. The van der Waals surface area contributed by atoms with E-state index in [2.05, 4.69) is 14.8 Å². The SMILES string of the molecule is Cc1cc(C)c(S(=O)(=O)NCc2ccc(Cn3cncn3)cc2)c(C)c1. The molecule has 0 fully saturated rings. The average Bonchev–Trinajstić information content (AvgIpc) is 3.06. The number of nitrogens with zero attached hydrogens (tertiary/aromatic N) is 3. The number of nitrogens with one attached hydrogen (secondary N) is 1. The lowest BCUT2D eigenvalue weighted by Gasteiger charge is -2.13. The zero-order chi connectivity index (χ0) is 18.7. The number of hydrogen-bond donors (Lipinski definition) is 1. The first kappa shape index (κ1) is 18.3. The first-order valence-corrected chi connectivity index (χ1v) is 9.81. The first-order valence-electron chi connectivity index (χ1n) is 8.33. The van der Waals surface area contributed by atoms with Crippen LogP contribution in [-0.2, 0) is 23.1 Å². The van der Waals surface area contributed by atoms with Crippen LogP contribution in [-0.4, -0.2) is 23.2 Å². The highest BCUT2D eigenvalue weighted by atomic mass is 32.2. The summed E-state index contributed by atoms with van der Waals surface area (Å²) in [5.41, 5.74) is 4.56. The van der Waals surface area contributed by atoms with E-state index in [1.807, 2.05) is 57.2 Å². The van der Waals surface area contributed by atoms with Crippen molar-refractivity contribution in [2.24, 2.45) is 0 Å². The van der Waals surface area contributed by atoms with Crippen molar-refractivity contribution in [2.45, 2.75) is 38.8 Å². The van der Waals surface area contributed by atoms with Gasteiger partial charge in [-0.2, -0.15) is 5.10 Å². The van der Waals surface area contributed by atoms with Crippen molar-refractivity contribution in [3.63, 3.8) is 0 Å². The molecule has 0 amide bonds. The Labute approximate surface area is 154 Å². The molecule has 3 aromatic rings. The van der Waals surface area contributed by atoms with Gasteiger partial charge in [0.15, 0.2) is 0 Å². The molecule has 0 aliphatic rings. The van der Waals surface area contributed by atoms with E-state index in [1.165, 1.54) is 6.33 Å². The van der Waals surface area contributed by atoms with Crippen LogP contribution in [0, 0.1) is 20.8 Å². The van der Waals surface area contributed by atoms with Gasteiger partial charge in [-0.1, -0.05) is 42.0 Å². The minimum absolute atomic E-state index is 0.249. The lowest BCUT2D eigenvalue weighted by atomic mass is 10.1. The quantitative estimate of drug-likeness (QED) is 0.724. The van der Waals surface area contributed by atoms with Crippen LogP contribution >= 0.6 is 0 Å². The number of aryl methyl sites for hydroxylation is 3. The molecule has 6 nitrogen and oxygen atoms in total. The lowest BCUT2D eigenvalue weighted by Crippen LogP contribution is -2.25. The Morgan fingerprint density at radius 3 is 2.19 bits per heavy atom. The molecule has 1 heterocycles. The molecular formula is C19H22N4O2S. The van der Waals surface area contributed by atoms with Crippen LogP contribution in [0.4, 0.5) is 0 Å². The van der Waals surface area contributed by atoms with Crippen LogP contribution in [0.25, 0.3) is 0 Å². The molecule has 0 aliphatic carbocycles. The highest BCUT2D eigenvalue weighted by Crippen LogP contribution is 2.21. The molecule has 0 saturated carbocycles. The third kappa shape index (κ3) is 4.17. The predicted molar refractivity (Wildman–Crippen MR) is 100 cm³/mol. The molecule has 1 N–H and O–H groups in total. The first-order chi connectivity index (χ1) is 12.3. The predicted octanol–water partition coefficient (Wildman–Crippen LogP) is 2.73. The molecule has 2 aromatic carbocycles. The van der Waals surface area contributed by atoms with Gasteiger partial charge in [0.25, 0.3) is 0 Å². The summed E-state index contributed by atoms with van der Waals surface area (Å²) in [6, 6.07) is 11.6. The van der Waals surface area contributed by atoms with Crippen LogP contribution in [0.15, 0.2) is 53.9 Å². The van der Waals surface area contributed by atoms with Gasteiger partial charge in [-0.25, -0.2) is 22.8 Å². The molecule has 3 rings (SSSR count). The van der Waals surface area contributed by atoms with E-state index in [0.29, 0.717) is 11.4 Å². The summed E-state index contributed by atoms with van der Waals surface area (Å²) >= 11 is 0. The molecule has 0 radical (unpaired) electrons. The van der Waals surface area contributed by atoms with Crippen LogP contribution in [0.3, 0.4) is 0 Å². The van der Waals surface area contributed by atoms with E-state index in [0.717, 1.165) is 27.8 Å². The van der Waals surface area contributed by atoms with Crippen molar-refractivity contribution in [3.8, 4) is 0 Å². The Morgan fingerprint density at radius 2 is 1.62 bits per heavy atom. The van der Waals surface area contributed by atoms with Gasteiger partial charge in [-0.3, -0.25) is 0 Å². The lowest BCUT2D eigenvalue weighted by molar-refractivity contribution is 0.580. The molecule has 136 valence electrons. The number of benzene rings is 2. The average molecular weight is 370 g/mol. The summed E-state index contributed by atoms with van der Waals surface area (Å²) in [7, 11) is -3.56. The summed E-state index contributed by atoms with van der Waals surface area (Å²) in [6.45, 7) is 6.50. The van der Waals surface area contributed by atoms with Crippen LogP contribution in [0.5, 0.6) is 0 Å². The van der Waals surface area contributed by atoms with E-state index in [1.54, 1.807) is 11.0 Å². The Balaban J connectivity index is 1.70. The molecular weight excluding hydrogens is 348 g/mol. The van der Waals surface area contributed by atoms with E-state index in [4.69, 9.17) is 0 Å². The van der Waals surface area contributed by atoms with Gasteiger partial charge in [0, 0.05) is 6.54 Å². The van der Waals surface area contributed by atoms with Gasteiger partial charge >= 0.3 is 0 Å². The number of hydrogen-bond acceptors (Lipinski definition) is 4. The smallest absolute Gasteiger partial charge is 0.241 e. The summed E-state index contributed by atoms with van der Waals surface area (Å²) in [5, 5.41) is 4.07. The summed E-state index contributed by atoms with van der Waals surface area (Å²) in [5.74, 6) is 0. The van der Waals surface area contributed by atoms with Gasteiger partial charge in [-0.05, 0) is 43.0 Å². The maximum Gasteiger partial charge on any atom is 0.241 e. The Bertz CT molecular complexity index is 972. The third-order valence-electron chi connectivity index (χ3n) is 4.17. The molecule has 0 saturated heterocycles. The normalized spacial score (nSPS) is 11.7. The van der Waals surface area contributed by atoms with Gasteiger partial charge < -0.3 is 0 Å². The fraction of sp³-hybridized carbons (Fsp3) is 0.263. The molecule has 0 aliphatic heterocycles.